The van der Waals surface area contributed by atoms with Gasteiger partial charge in [0.25, 0.3) is 6.43 Å². The Labute approximate surface area is 83.7 Å². The molecule has 0 aliphatic heterocycles. The van der Waals surface area contributed by atoms with Gasteiger partial charge in [-0.3, -0.25) is 0 Å². The fourth-order valence-corrected chi connectivity index (χ4v) is 1.72. The van der Waals surface area contributed by atoms with Crippen molar-refractivity contribution in [2.75, 3.05) is 6.54 Å². The third kappa shape index (κ3) is 3.88. The normalized spacial score (nSPS) is 22.1. The third-order valence-electron chi connectivity index (χ3n) is 2.88. The van der Waals surface area contributed by atoms with Crippen molar-refractivity contribution in [3.05, 3.63) is 0 Å². The molecule has 0 aromatic rings. The fourth-order valence-electron chi connectivity index (χ4n) is 1.72. The summed E-state index contributed by atoms with van der Waals surface area (Å²) in [6.07, 6.45) is 0.706. The van der Waals surface area contributed by atoms with Gasteiger partial charge in [0.1, 0.15) is 6.10 Å². The summed E-state index contributed by atoms with van der Waals surface area (Å²) < 4.78 is 23.9. The van der Waals surface area contributed by atoms with Crippen molar-refractivity contribution in [1.82, 2.24) is 5.32 Å². The van der Waals surface area contributed by atoms with E-state index in [4.69, 9.17) is 5.11 Å². The molecule has 2 nitrogen and oxygen atoms in total. The fraction of sp³-hybridized carbons (Fsp3) is 1.00. The van der Waals surface area contributed by atoms with Gasteiger partial charge in [-0.05, 0) is 19.3 Å². The molecule has 1 rings (SSSR count). The molecular formula is C10H19F2NO. The molecule has 2 N–H and O–H groups in total. The van der Waals surface area contributed by atoms with Crippen LogP contribution in [0.25, 0.3) is 0 Å². The highest BCUT2D eigenvalue weighted by Crippen LogP contribution is 2.30. The highest BCUT2D eigenvalue weighted by atomic mass is 19.3. The quantitative estimate of drug-likeness (QED) is 0.696. The van der Waals surface area contributed by atoms with Gasteiger partial charge in [0, 0.05) is 12.6 Å². The highest BCUT2D eigenvalue weighted by molar-refractivity contribution is 4.75. The lowest BCUT2D eigenvalue weighted by molar-refractivity contribution is -0.00485. The second kappa shape index (κ2) is 5.61. The molecule has 2 atom stereocenters. The van der Waals surface area contributed by atoms with Crippen LogP contribution in [0.5, 0.6) is 0 Å². The first-order chi connectivity index (χ1) is 6.59. The average molecular weight is 207 g/mol. The summed E-state index contributed by atoms with van der Waals surface area (Å²) in [4.78, 5) is 0. The van der Waals surface area contributed by atoms with Crippen LogP contribution in [-0.4, -0.2) is 30.2 Å². The van der Waals surface area contributed by atoms with Gasteiger partial charge in [-0.25, -0.2) is 8.78 Å². The molecule has 14 heavy (non-hydrogen) atoms. The first-order valence-electron chi connectivity index (χ1n) is 5.29. The maximum Gasteiger partial charge on any atom is 0.265 e. The lowest BCUT2D eigenvalue weighted by Crippen LogP contribution is -2.38. The molecular weight excluding hydrogens is 188 g/mol. The van der Waals surface area contributed by atoms with Crippen LogP contribution in [0.4, 0.5) is 8.78 Å². The monoisotopic (exact) mass is 207 g/mol. The highest BCUT2D eigenvalue weighted by Gasteiger charge is 2.21. The molecule has 0 bridgehead atoms. The van der Waals surface area contributed by atoms with Crippen molar-refractivity contribution in [2.24, 2.45) is 5.92 Å². The lowest BCUT2D eigenvalue weighted by atomic mass is 9.81. The van der Waals surface area contributed by atoms with Crippen LogP contribution < -0.4 is 5.32 Å². The Hall–Kier alpha value is -0.220. The molecule has 1 aliphatic carbocycles. The number of hydrogen-bond acceptors (Lipinski definition) is 2. The zero-order valence-corrected chi connectivity index (χ0v) is 8.55. The van der Waals surface area contributed by atoms with Gasteiger partial charge >= 0.3 is 0 Å². The summed E-state index contributed by atoms with van der Waals surface area (Å²) in [6.45, 7) is 1.97. The smallest absolute Gasteiger partial charge is 0.265 e. The van der Waals surface area contributed by atoms with Crippen LogP contribution in [0.1, 0.15) is 32.6 Å². The summed E-state index contributed by atoms with van der Waals surface area (Å²) in [5.41, 5.74) is 0. The van der Waals surface area contributed by atoms with E-state index in [2.05, 4.69) is 5.32 Å². The number of alkyl halides is 2. The Morgan fingerprint density at radius 3 is 2.50 bits per heavy atom. The average Bonchev–Trinajstić information content (AvgIpc) is 2.07. The van der Waals surface area contributed by atoms with Crippen LogP contribution in [0.2, 0.25) is 0 Å². The number of hydrogen-bond donors (Lipinski definition) is 2. The van der Waals surface area contributed by atoms with Gasteiger partial charge in [0.2, 0.25) is 0 Å². The standard InChI is InChI=1S/C10H19F2NO/c1-7(5-8-3-2-4-8)13-6-9(14)10(11)12/h7-10,13-14H,2-6H2,1H3. The van der Waals surface area contributed by atoms with Crippen LogP contribution in [0.15, 0.2) is 0 Å². The first kappa shape index (κ1) is 11.9. The summed E-state index contributed by atoms with van der Waals surface area (Å²) in [5.74, 6) is 0.765. The van der Waals surface area contributed by atoms with Crippen molar-refractivity contribution in [3.8, 4) is 0 Å². The van der Waals surface area contributed by atoms with E-state index >= 15 is 0 Å². The van der Waals surface area contributed by atoms with E-state index in [1.807, 2.05) is 6.92 Å². The number of rotatable bonds is 6. The Morgan fingerprint density at radius 1 is 1.43 bits per heavy atom. The molecule has 84 valence electrons. The molecule has 0 heterocycles. The Balaban J connectivity index is 2.04. The molecule has 1 aliphatic rings. The largest absolute Gasteiger partial charge is 0.386 e. The summed E-state index contributed by atoms with van der Waals surface area (Å²) in [5, 5.41) is 11.8. The maximum absolute atomic E-state index is 11.9. The molecule has 0 aromatic heterocycles. The summed E-state index contributed by atoms with van der Waals surface area (Å²) in [7, 11) is 0. The molecule has 0 spiro atoms. The number of aliphatic hydroxyl groups excluding tert-OH is 1. The third-order valence-corrected chi connectivity index (χ3v) is 2.88. The minimum Gasteiger partial charge on any atom is -0.386 e. The van der Waals surface area contributed by atoms with Crippen molar-refractivity contribution < 1.29 is 13.9 Å². The van der Waals surface area contributed by atoms with Crippen molar-refractivity contribution in [1.29, 1.82) is 0 Å². The number of nitrogens with one attached hydrogen (secondary N) is 1. The van der Waals surface area contributed by atoms with E-state index in [1.54, 1.807) is 0 Å². The Morgan fingerprint density at radius 2 is 2.07 bits per heavy atom. The van der Waals surface area contributed by atoms with Gasteiger partial charge in [-0.1, -0.05) is 19.3 Å². The van der Waals surface area contributed by atoms with Crippen LogP contribution in [0.3, 0.4) is 0 Å². The van der Waals surface area contributed by atoms with Crippen molar-refractivity contribution >= 4 is 0 Å². The predicted octanol–water partition coefficient (Wildman–Crippen LogP) is 1.78. The van der Waals surface area contributed by atoms with E-state index in [9.17, 15) is 8.78 Å². The second-order valence-electron chi connectivity index (χ2n) is 4.24. The molecule has 2 unspecified atom stereocenters. The number of aliphatic hydroxyl groups is 1. The maximum atomic E-state index is 11.9. The van der Waals surface area contributed by atoms with E-state index in [-0.39, 0.29) is 12.6 Å². The van der Waals surface area contributed by atoms with E-state index in [0.717, 1.165) is 12.3 Å². The second-order valence-corrected chi connectivity index (χ2v) is 4.24. The van der Waals surface area contributed by atoms with Gasteiger partial charge < -0.3 is 10.4 Å². The van der Waals surface area contributed by atoms with E-state index < -0.39 is 12.5 Å². The minimum absolute atomic E-state index is 0.00838. The van der Waals surface area contributed by atoms with Gasteiger partial charge in [-0.2, -0.15) is 0 Å². The first-order valence-corrected chi connectivity index (χ1v) is 5.29. The number of halogens is 2. The van der Waals surface area contributed by atoms with Gasteiger partial charge in [0.15, 0.2) is 0 Å². The van der Waals surface area contributed by atoms with E-state index in [0.29, 0.717) is 0 Å². The predicted molar refractivity (Wildman–Crippen MR) is 51.4 cm³/mol. The van der Waals surface area contributed by atoms with Crippen molar-refractivity contribution in [3.63, 3.8) is 0 Å². The zero-order valence-electron chi connectivity index (χ0n) is 8.55. The molecule has 4 heteroatoms. The molecule has 0 saturated heterocycles. The zero-order chi connectivity index (χ0) is 10.6. The lowest BCUT2D eigenvalue weighted by Gasteiger charge is -2.28. The minimum atomic E-state index is -2.64. The van der Waals surface area contributed by atoms with Gasteiger partial charge in [0.05, 0.1) is 0 Å². The molecule has 0 aromatic carbocycles. The topological polar surface area (TPSA) is 32.3 Å². The SMILES string of the molecule is CC(CC1CCC1)NCC(O)C(F)F. The molecule has 1 saturated carbocycles. The molecule has 1 fully saturated rings. The Kier molecular flexibility index (Phi) is 4.75. The van der Waals surface area contributed by atoms with Crippen molar-refractivity contribution in [2.45, 2.75) is 51.2 Å². The summed E-state index contributed by atoms with van der Waals surface area (Å²) >= 11 is 0. The summed E-state index contributed by atoms with van der Waals surface area (Å²) in [6, 6.07) is 0.230. The van der Waals surface area contributed by atoms with E-state index in [1.165, 1.54) is 19.3 Å². The van der Waals surface area contributed by atoms with Crippen LogP contribution in [-0.2, 0) is 0 Å². The Bertz CT molecular complexity index is 162. The molecule has 0 radical (unpaired) electrons. The molecule has 0 amide bonds. The van der Waals surface area contributed by atoms with Crippen LogP contribution >= 0.6 is 0 Å². The van der Waals surface area contributed by atoms with Gasteiger partial charge in [-0.15, -0.1) is 0 Å². The van der Waals surface area contributed by atoms with Crippen LogP contribution in [0, 0.1) is 5.92 Å².